The van der Waals surface area contributed by atoms with E-state index in [-0.39, 0.29) is 18.2 Å². The van der Waals surface area contributed by atoms with Gasteiger partial charge < -0.3 is 10.2 Å². The van der Waals surface area contributed by atoms with Crippen molar-refractivity contribution < 1.29 is 9.59 Å². The first-order valence-corrected chi connectivity index (χ1v) is 6.62. The molecule has 0 bridgehead atoms. The fraction of sp³-hybridized carbons (Fsp3) is 0.467. The smallest absolute Gasteiger partial charge is 0.220 e. The van der Waals surface area contributed by atoms with Gasteiger partial charge >= 0.3 is 0 Å². The molecule has 0 heterocycles. The van der Waals surface area contributed by atoms with E-state index in [9.17, 15) is 9.59 Å². The van der Waals surface area contributed by atoms with E-state index in [1.165, 1.54) is 0 Å². The molecule has 104 valence electrons. The monoisotopic (exact) mass is 262 g/mol. The maximum atomic E-state index is 11.9. The molecule has 1 rings (SSSR count). The predicted octanol–water partition coefficient (Wildman–Crippen LogP) is 2.24. The van der Waals surface area contributed by atoms with Gasteiger partial charge in [0.05, 0.1) is 6.54 Å². The fourth-order valence-electron chi connectivity index (χ4n) is 1.65. The third-order valence-electron chi connectivity index (χ3n) is 2.91. The van der Waals surface area contributed by atoms with Crippen LogP contribution < -0.4 is 10.2 Å². The van der Waals surface area contributed by atoms with E-state index in [1.54, 1.807) is 12.1 Å². The Labute approximate surface area is 114 Å². The summed E-state index contributed by atoms with van der Waals surface area (Å²) in [7, 11) is 3.90. The number of amides is 1. The topological polar surface area (TPSA) is 49.4 Å². The number of carbonyl (C=O) groups is 2. The van der Waals surface area contributed by atoms with E-state index >= 15 is 0 Å². The van der Waals surface area contributed by atoms with Crippen molar-refractivity contribution in [2.24, 2.45) is 0 Å². The van der Waals surface area contributed by atoms with Crippen LogP contribution in [0.25, 0.3) is 0 Å². The summed E-state index contributed by atoms with van der Waals surface area (Å²) in [6, 6.07) is 7.37. The second-order valence-corrected chi connectivity index (χ2v) is 4.74. The third-order valence-corrected chi connectivity index (χ3v) is 2.91. The number of rotatable bonds is 7. The molecule has 0 aromatic heterocycles. The lowest BCUT2D eigenvalue weighted by atomic mass is 10.1. The molecule has 1 amide bonds. The highest BCUT2D eigenvalue weighted by Gasteiger charge is 2.08. The second-order valence-electron chi connectivity index (χ2n) is 4.74. The van der Waals surface area contributed by atoms with Crippen molar-refractivity contribution in [3.8, 4) is 0 Å². The summed E-state index contributed by atoms with van der Waals surface area (Å²) in [4.78, 5) is 25.3. The van der Waals surface area contributed by atoms with Gasteiger partial charge in [-0.3, -0.25) is 9.59 Å². The van der Waals surface area contributed by atoms with Crippen LogP contribution in [0.3, 0.4) is 0 Å². The molecule has 1 aromatic rings. The average Bonchev–Trinajstić information content (AvgIpc) is 2.42. The highest BCUT2D eigenvalue weighted by atomic mass is 16.2. The minimum Gasteiger partial charge on any atom is -0.378 e. The van der Waals surface area contributed by atoms with Gasteiger partial charge in [-0.15, -0.1) is 0 Å². The maximum Gasteiger partial charge on any atom is 0.220 e. The zero-order valence-corrected chi connectivity index (χ0v) is 11.9. The van der Waals surface area contributed by atoms with Crippen molar-refractivity contribution in [2.45, 2.75) is 26.2 Å². The molecule has 0 aliphatic carbocycles. The van der Waals surface area contributed by atoms with Crippen LogP contribution in [0.2, 0.25) is 0 Å². The standard InChI is InChI=1S/C15H22N2O2/c1-4-5-6-15(19)16-11-14(18)12-7-9-13(10-8-12)17(2)3/h7-10H,4-6,11H2,1-3H3,(H,16,19). The number of nitrogens with zero attached hydrogens (tertiary/aromatic N) is 1. The van der Waals surface area contributed by atoms with Crippen LogP contribution in [0.1, 0.15) is 36.5 Å². The molecule has 0 aliphatic heterocycles. The van der Waals surface area contributed by atoms with Crippen molar-refractivity contribution in [3.63, 3.8) is 0 Å². The van der Waals surface area contributed by atoms with Crippen LogP contribution in [0.4, 0.5) is 5.69 Å². The summed E-state index contributed by atoms with van der Waals surface area (Å²) < 4.78 is 0. The Morgan fingerprint density at radius 2 is 1.79 bits per heavy atom. The fourth-order valence-corrected chi connectivity index (χ4v) is 1.65. The zero-order chi connectivity index (χ0) is 14.3. The molecule has 0 radical (unpaired) electrons. The molecule has 0 saturated carbocycles. The van der Waals surface area contributed by atoms with Crippen LogP contribution >= 0.6 is 0 Å². The predicted molar refractivity (Wildman–Crippen MR) is 77.6 cm³/mol. The summed E-state index contributed by atoms with van der Waals surface area (Å²) in [5.41, 5.74) is 1.67. The summed E-state index contributed by atoms with van der Waals surface area (Å²) in [5, 5.41) is 2.65. The van der Waals surface area contributed by atoms with Crippen LogP contribution in [0.5, 0.6) is 0 Å². The number of anilines is 1. The van der Waals surface area contributed by atoms with E-state index in [4.69, 9.17) is 0 Å². The normalized spacial score (nSPS) is 10.1. The van der Waals surface area contributed by atoms with Gasteiger partial charge in [0.2, 0.25) is 5.91 Å². The molecule has 4 heteroatoms. The van der Waals surface area contributed by atoms with Gasteiger partial charge in [-0.1, -0.05) is 13.3 Å². The molecule has 0 saturated heterocycles. The summed E-state index contributed by atoms with van der Waals surface area (Å²) in [5.74, 6) is -0.115. The second kappa shape index (κ2) is 7.56. The van der Waals surface area contributed by atoms with Crippen LogP contribution in [0.15, 0.2) is 24.3 Å². The lowest BCUT2D eigenvalue weighted by Crippen LogP contribution is -2.29. The van der Waals surface area contributed by atoms with Crippen molar-refractivity contribution in [3.05, 3.63) is 29.8 Å². The van der Waals surface area contributed by atoms with E-state index in [0.717, 1.165) is 18.5 Å². The zero-order valence-electron chi connectivity index (χ0n) is 11.9. The van der Waals surface area contributed by atoms with E-state index in [0.29, 0.717) is 12.0 Å². The summed E-state index contributed by atoms with van der Waals surface area (Å²) in [6.45, 7) is 2.11. The van der Waals surface area contributed by atoms with Crippen LogP contribution in [-0.2, 0) is 4.79 Å². The first-order chi connectivity index (χ1) is 9.04. The summed E-state index contributed by atoms with van der Waals surface area (Å²) >= 11 is 0. The number of hydrogen-bond donors (Lipinski definition) is 1. The maximum absolute atomic E-state index is 11.9. The van der Waals surface area contributed by atoms with Crippen LogP contribution in [-0.4, -0.2) is 32.3 Å². The highest BCUT2D eigenvalue weighted by Crippen LogP contribution is 2.12. The Balaban J connectivity index is 2.47. The Morgan fingerprint density at radius 3 is 2.32 bits per heavy atom. The van der Waals surface area contributed by atoms with Crippen molar-refractivity contribution in [1.82, 2.24) is 5.32 Å². The van der Waals surface area contributed by atoms with E-state index in [1.807, 2.05) is 38.1 Å². The largest absolute Gasteiger partial charge is 0.378 e. The lowest BCUT2D eigenvalue weighted by Gasteiger charge is -2.12. The third kappa shape index (κ3) is 5.12. The lowest BCUT2D eigenvalue weighted by molar-refractivity contribution is -0.121. The minimum absolute atomic E-state index is 0.0555. The van der Waals surface area contributed by atoms with E-state index in [2.05, 4.69) is 5.32 Å². The Morgan fingerprint density at radius 1 is 1.16 bits per heavy atom. The summed E-state index contributed by atoms with van der Waals surface area (Å²) in [6.07, 6.45) is 2.33. The average molecular weight is 262 g/mol. The molecule has 19 heavy (non-hydrogen) atoms. The van der Waals surface area contributed by atoms with Gasteiger partial charge in [-0.05, 0) is 30.7 Å². The van der Waals surface area contributed by atoms with Gasteiger partial charge in [0.15, 0.2) is 5.78 Å². The van der Waals surface area contributed by atoms with Gasteiger partial charge in [-0.25, -0.2) is 0 Å². The van der Waals surface area contributed by atoms with Crippen molar-refractivity contribution in [1.29, 1.82) is 0 Å². The number of ketones is 1. The molecule has 0 fully saturated rings. The molecule has 4 nitrogen and oxygen atoms in total. The minimum atomic E-state index is -0.0600. The van der Waals surface area contributed by atoms with Gasteiger partial charge in [0.1, 0.15) is 0 Å². The number of nitrogens with one attached hydrogen (secondary N) is 1. The molecule has 0 unspecified atom stereocenters. The SMILES string of the molecule is CCCCC(=O)NCC(=O)c1ccc(N(C)C)cc1. The van der Waals surface area contributed by atoms with Gasteiger partial charge in [0.25, 0.3) is 0 Å². The van der Waals surface area contributed by atoms with Crippen molar-refractivity contribution in [2.75, 3.05) is 25.5 Å². The molecule has 0 spiro atoms. The van der Waals surface area contributed by atoms with Crippen LogP contribution in [0, 0.1) is 0 Å². The van der Waals surface area contributed by atoms with Gasteiger partial charge in [0, 0.05) is 31.8 Å². The first kappa shape index (κ1) is 15.2. The quantitative estimate of drug-likeness (QED) is 0.767. The number of Topliss-reactive ketones (excluding diaryl/α,β-unsaturated/α-hetero) is 1. The molecular weight excluding hydrogens is 240 g/mol. The number of hydrogen-bond acceptors (Lipinski definition) is 3. The number of carbonyl (C=O) groups excluding carboxylic acids is 2. The Bertz CT molecular complexity index is 424. The number of benzene rings is 1. The molecule has 1 aromatic carbocycles. The number of unbranched alkanes of at least 4 members (excludes halogenated alkanes) is 1. The van der Waals surface area contributed by atoms with Crippen molar-refractivity contribution >= 4 is 17.4 Å². The molecule has 1 N–H and O–H groups in total. The van der Waals surface area contributed by atoms with Gasteiger partial charge in [-0.2, -0.15) is 0 Å². The molecule has 0 atom stereocenters. The Kier molecular flexibility index (Phi) is 6.06. The highest BCUT2D eigenvalue weighted by molar-refractivity contribution is 5.99. The van der Waals surface area contributed by atoms with E-state index < -0.39 is 0 Å². The molecule has 0 aliphatic rings. The molecular formula is C15H22N2O2. The first-order valence-electron chi connectivity index (χ1n) is 6.62. The Hall–Kier alpha value is -1.84.